The van der Waals surface area contributed by atoms with Gasteiger partial charge in [0.1, 0.15) is 11.6 Å². The summed E-state index contributed by atoms with van der Waals surface area (Å²) in [5.74, 6) is 0.813. The first-order valence-corrected chi connectivity index (χ1v) is 7.79. The van der Waals surface area contributed by atoms with E-state index in [1.807, 2.05) is 6.07 Å². The zero-order valence-electron chi connectivity index (χ0n) is 13.4. The average Bonchev–Trinajstić information content (AvgIpc) is 3.16. The average molecular weight is 340 g/mol. The van der Waals surface area contributed by atoms with Gasteiger partial charge in [-0.05, 0) is 35.9 Å². The van der Waals surface area contributed by atoms with Gasteiger partial charge in [-0.15, -0.1) is 10.2 Å². The van der Waals surface area contributed by atoms with Crippen molar-refractivity contribution in [3.8, 4) is 5.82 Å². The van der Waals surface area contributed by atoms with Crippen LogP contribution in [0.4, 0.5) is 10.2 Å². The van der Waals surface area contributed by atoms with Gasteiger partial charge in [0.2, 0.25) is 5.91 Å². The Balaban J connectivity index is 1.39. The fourth-order valence-electron chi connectivity index (χ4n) is 2.19. The highest BCUT2D eigenvalue weighted by Crippen LogP contribution is 2.05. The Bertz CT molecular complexity index is 802. The molecule has 0 aliphatic rings. The van der Waals surface area contributed by atoms with E-state index < -0.39 is 0 Å². The highest BCUT2D eigenvalue weighted by Gasteiger charge is 2.03. The zero-order chi connectivity index (χ0) is 17.5. The van der Waals surface area contributed by atoms with Gasteiger partial charge in [0.15, 0.2) is 5.82 Å². The van der Waals surface area contributed by atoms with Gasteiger partial charge in [0.05, 0.1) is 6.42 Å². The number of nitrogens with one attached hydrogen (secondary N) is 2. The van der Waals surface area contributed by atoms with Crippen LogP contribution in [0.1, 0.15) is 5.56 Å². The monoisotopic (exact) mass is 340 g/mol. The van der Waals surface area contributed by atoms with Crippen LogP contribution in [0.15, 0.2) is 54.9 Å². The number of halogens is 1. The van der Waals surface area contributed by atoms with Gasteiger partial charge in [0, 0.05) is 25.5 Å². The summed E-state index contributed by atoms with van der Waals surface area (Å²) >= 11 is 0. The van der Waals surface area contributed by atoms with Crippen molar-refractivity contribution in [3.05, 3.63) is 66.2 Å². The van der Waals surface area contributed by atoms with Crippen LogP contribution in [-0.4, -0.2) is 39.0 Å². The molecule has 3 rings (SSSR count). The van der Waals surface area contributed by atoms with Crippen LogP contribution < -0.4 is 10.6 Å². The van der Waals surface area contributed by atoms with Gasteiger partial charge in [0.25, 0.3) is 0 Å². The van der Waals surface area contributed by atoms with Crippen LogP contribution in [0.2, 0.25) is 0 Å². The zero-order valence-corrected chi connectivity index (χ0v) is 13.4. The maximum atomic E-state index is 12.8. The van der Waals surface area contributed by atoms with E-state index in [9.17, 15) is 9.18 Å². The first-order chi connectivity index (χ1) is 12.2. The minimum absolute atomic E-state index is 0.117. The van der Waals surface area contributed by atoms with E-state index in [1.165, 1.54) is 12.1 Å². The number of hydrogen-bond acceptors (Lipinski definition) is 5. The van der Waals surface area contributed by atoms with Crippen molar-refractivity contribution in [1.29, 1.82) is 0 Å². The van der Waals surface area contributed by atoms with Gasteiger partial charge in [-0.25, -0.2) is 9.07 Å². The molecule has 25 heavy (non-hydrogen) atoms. The van der Waals surface area contributed by atoms with Crippen molar-refractivity contribution in [2.75, 3.05) is 18.4 Å². The molecule has 0 aliphatic heterocycles. The van der Waals surface area contributed by atoms with Crippen molar-refractivity contribution < 1.29 is 9.18 Å². The number of rotatable bonds is 7. The molecule has 0 unspecified atom stereocenters. The number of carbonyl (C=O) groups is 1. The minimum Gasteiger partial charge on any atom is -0.367 e. The molecule has 2 heterocycles. The van der Waals surface area contributed by atoms with Crippen molar-refractivity contribution in [2.24, 2.45) is 0 Å². The fourth-order valence-corrected chi connectivity index (χ4v) is 2.19. The smallest absolute Gasteiger partial charge is 0.224 e. The second-order valence-electron chi connectivity index (χ2n) is 5.31. The van der Waals surface area contributed by atoms with E-state index >= 15 is 0 Å². The van der Waals surface area contributed by atoms with Gasteiger partial charge < -0.3 is 10.6 Å². The van der Waals surface area contributed by atoms with Gasteiger partial charge in [-0.3, -0.25) is 4.79 Å². The molecule has 1 amide bonds. The maximum absolute atomic E-state index is 12.8. The molecule has 0 spiro atoms. The summed E-state index contributed by atoms with van der Waals surface area (Å²) in [5.41, 5.74) is 0.770. The highest BCUT2D eigenvalue weighted by atomic mass is 19.1. The largest absolute Gasteiger partial charge is 0.367 e. The summed E-state index contributed by atoms with van der Waals surface area (Å²) < 4.78 is 14.4. The summed E-state index contributed by atoms with van der Waals surface area (Å²) in [5, 5.41) is 18.1. The lowest BCUT2D eigenvalue weighted by Gasteiger charge is -2.08. The topological polar surface area (TPSA) is 84.7 Å². The number of amides is 1. The van der Waals surface area contributed by atoms with Crippen molar-refractivity contribution in [1.82, 2.24) is 25.3 Å². The molecular weight excluding hydrogens is 323 g/mol. The van der Waals surface area contributed by atoms with Crippen molar-refractivity contribution in [3.63, 3.8) is 0 Å². The molecule has 3 aromatic rings. The van der Waals surface area contributed by atoms with Crippen molar-refractivity contribution >= 4 is 11.7 Å². The molecule has 2 aromatic heterocycles. The molecule has 0 saturated carbocycles. The molecule has 1 aromatic carbocycles. The second kappa shape index (κ2) is 8.00. The molecule has 2 N–H and O–H groups in total. The summed E-state index contributed by atoms with van der Waals surface area (Å²) in [6.07, 6.45) is 3.68. The van der Waals surface area contributed by atoms with Crippen LogP contribution >= 0.6 is 0 Å². The summed E-state index contributed by atoms with van der Waals surface area (Å²) in [4.78, 5) is 11.8. The third-order valence-corrected chi connectivity index (χ3v) is 3.42. The molecule has 0 saturated heterocycles. The Labute approximate surface area is 143 Å². The SMILES string of the molecule is O=C(Cc1ccc(F)cc1)NCCNc1ccc(-n2cccn2)nn1. The lowest BCUT2D eigenvalue weighted by molar-refractivity contribution is -0.120. The Kier molecular flexibility index (Phi) is 5.30. The Hall–Kier alpha value is -3.29. The Morgan fingerprint density at radius 2 is 1.92 bits per heavy atom. The second-order valence-corrected chi connectivity index (χ2v) is 5.31. The Morgan fingerprint density at radius 1 is 1.08 bits per heavy atom. The summed E-state index contributed by atoms with van der Waals surface area (Å²) in [7, 11) is 0. The van der Waals surface area contributed by atoms with Gasteiger partial charge >= 0.3 is 0 Å². The molecule has 0 radical (unpaired) electrons. The summed E-state index contributed by atoms with van der Waals surface area (Å²) in [6, 6.07) is 11.3. The van der Waals surface area contributed by atoms with Crippen LogP contribution in [0.5, 0.6) is 0 Å². The summed E-state index contributed by atoms with van der Waals surface area (Å²) in [6.45, 7) is 0.966. The quantitative estimate of drug-likeness (QED) is 0.638. The van der Waals surface area contributed by atoms with Crippen LogP contribution in [0, 0.1) is 5.82 Å². The standard InChI is InChI=1S/C17H17FN6O/c18-14-4-2-13(3-5-14)12-17(25)20-10-9-19-15-6-7-16(23-22-15)24-11-1-8-21-24/h1-8,11H,9-10,12H2,(H,19,22)(H,20,25). The van der Waals surface area contributed by atoms with Crippen LogP contribution in [-0.2, 0) is 11.2 Å². The molecule has 0 bridgehead atoms. The number of nitrogens with zero attached hydrogens (tertiary/aromatic N) is 4. The predicted octanol–water partition coefficient (Wildman–Crippen LogP) is 1.57. The highest BCUT2D eigenvalue weighted by molar-refractivity contribution is 5.78. The number of aromatic nitrogens is 4. The fraction of sp³-hybridized carbons (Fsp3) is 0.176. The molecule has 0 fully saturated rings. The lowest BCUT2D eigenvalue weighted by atomic mass is 10.1. The van der Waals surface area contributed by atoms with Gasteiger partial charge in [-0.2, -0.15) is 5.10 Å². The van der Waals surface area contributed by atoms with E-state index in [1.54, 1.807) is 41.3 Å². The number of carbonyl (C=O) groups excluding carboxylic acids is 1. The number of anilines is 1. The van der Waals surface area contributed by atoms with E-state index in [0.29, 0.717) is 24.7 Å². The first kappa shape index (κ1) is 16.6. The molecule has 8 heteroatoms. The number of benzene rings is 1. The van der Waals surface area contributed by atoms with E-state index in [4.69, 9.17) is 0 Å². The molecular formula is C17H17FN6O. The molecule has 0 aliphatic carbocycles. The normalized spacial score (nSPS) is 10.4. The van der Waals surface area contributed by atoms with E-state index in [2.05, 4.69) is 25.9 Å². The number of hydrogen-bond donors (Lipinski definition) is 2. The Morgan fingerprint density at radius 3 is 2.60 bits per heavy atom. The molecule has 0 atom stereocenters. The molecule has 7 nitrogen and oxygen atoms in total. The maximum Gasteiger partial charge on any atom is 0.224 e. The molecule has 128 valence electrons. The predicted molar refractivity (Wildman–Crippen MR) is 90.8 cm³/mol. The van der Waals surface area contributed by atoms with E-state index in [-0.39, 0.29) is 18.1 Å². The first-order valence-electron chi connectivity index (χ1n) is 7.79. The third-order valence-electron chi connectivity index (χ3n) is 3.42. The van der Waals surface area contributed by atoms with Crippen LogP contribution in [0.3, 0.4) is 0 Å². The third kappa shape index (κ3) is 4.84. The van der Waals surface area contributed by atoms with Crippen LogP contribution in [0.25, 0.3) is 5.82 Å². The van der Waals surface area contributed by atoms with Gasteiger partial charge in [-0.1, -0.05) is 12.1 Å². The lowest BCUT2D eigenvalue weighted by Crippen LogP contribution is -2.30. The van der Waals surface area contributed by atoms with E-state index in [0.717, 1.165) is 5.56 Å². The minimum atomic E-state index is -0.312. The van der Waals surface area contributed by atoms with Crippen molar-refractivity contribution in [2.45, 2.75) is 6.42 Å².